The number of rotatable bonds is 6. The first-order valence-corrected chi connectivity index (χ1v) is 8.43. The van der Waals surface area contributed by atoms with Crippen LogP contribution in [-0.4, -0.2) is 32.2 Å². The zero-order valence-corrected chi connectivity index (χ0v) is 15.0. The average molecular weight is 355 g/mol. The van der Waals surface area contributed by atoms with Crippen LogP contribution in [0.2, 0.25) is 0 Å². The average Bonchev–Trinajstić information content (AvgIpc) is 2.60. The summed E-state index contributed by atoms with van der Waals surface area (Å²) in [7, 11) is 1.59. The van der Waals surface area contributed by atoms with Crippen molar-refractivity contribution in [2.75, 3.05) is 12.4 Å². The topological polar surface area (TPSA) is 113 Å². The van der Waals surface area contributed by atoms with Crippen LogP contribution < -0.4 is 15.6 Å². The van der Waals surface area contributed by atoms with Crippen LogP contribution in [0.3, 0.4) is 0 Å². The summed E-state index contributed by atoms with van der Waals surface area (Å²) in [4.78, 5) is 27.6. The van der Waals surface area contributed by atoms with Gasteiger partial charge < -0.3 is 9.84 Å². The van der Waals surface area contributed by atoms with Gasteiger partial charge in [0.2, 0.25) is 17.8 Å². The van der Waals surface area contributed by atoms with Crippen LogP contribution in [0, 0.1) is 6.92 Å². The first-order chi connectivity index (χ1) is 12.5. The SMILES string of the molecule is CCCCc1c(O)nc(Nc2nc(C)c3ccc(OC)cc3n2)[nH]c1=O. The number of H-pyrrole nitrogens is 1. The van der Waals surface area contributed by atoms with Crippen molar-refractivity contribution in [3.63, 3.8) is 0 Å². The van der Waals surface area contributed by atoms with E-state index < -0.39 is 0 Å². The van der Waals surface area contributed by atoms with E-state index in [4.69, 9.17) is 4.74 Å². The van der Waals surface area contributed by atoms with Gasteiger partial charge in [-0.3, -0.25) is 15.1 Å². The van der Waals surface area contributed by atoms with E-state index in [9.17, 15) is 9.90 Å². The van der Waals surface area contributed by atoms with Gasteiger partial charge in [-0.15, -0.1) is 0 Å². The summed E-state index contributed by atoms with van der Waals surface area (Å²) in [6, 6.07) is 5.54. The van der Waals surface area contributed by atoms with Crippen molar-refractivity contribution in [2.24, 2.45) is 0 Å². The third-order valence-corrected chi connectivity index (χ3v) is 4.10. The van der Waals surface area contributed by atoms with Crippen molar-refractivity contribution in [1.82, 2.24) is 19.9 Å². The first kappa shape index (κ1) is 17.7. The molecule has 0 fully saturated rings. The second-order valence-corrected chi connectivity index (χ2v) is 5.96. The Balaban J connectivity index is 1.94. The molecular formula is C18H21N5O3. The fraction of sp³-hybridized carbons (Fsp3) is 0.333. The Bertz CT molecular complexity index is 1000. The standard InChI is InChI=1S/C18H21N5O3/c1-4-5-6-13-15(24)21-18(22-16(13)25)23-17-19-10(2)12-8-7-11(26-3)9-14(12)20-17/h7-9H,4-6H2,1-3H3,(H3,19,20,21,22,23,24,25). The van der Waals surface area contributed by atoms with Crippen LogP contribution in [0.15, 0.2) is 23.0 Å². The largest absolute Gasteiger partial charge is 0.497 e. The number of unbranched alkanes of at least 4 members (excludes halogenated alkanes) is 1. The molecule has 0 aliphatic rings. The Kier molecular flexibility index (Phi) is 5.01. The van der Waals surface area contributed by atoms with Gasteiger partial charge >= 0.3 is 0 Å². The molecule has 0 bridgehead atoms. The highest BCUT2D eigenvalue weighted by atomic mass is 16.5. The first-order valence-electron chi connectivity index (χ1n) is 8.43. The summed E-state index contributed by atoms with van der Waals surface area (Å²) < 4.78 is 5.22. The molecule has 0 radical (unpaired) electrons. The summed E-state index contributed by atoms with van der Waals surface area (Å²) in [6.45, 7) is 3.88. The molecule has 0 aliphatic carbocycles. The molecule has 2 heterocycles. The van der Waals surface area contributed by atoms with E-state index in [1.54, 1.807) is 13.2 Å². The van der Waals surface area contributed by atoms with Crippen molar-refractivity contribution in [2.45, 2.75) is 33.1 Å². The van der Waals surface area contributed by atoms with E-state index in [2.05, 4.69) is 25.3 Å². The maximum Gasteiger partial charge on any atom is 0.259 e. The van der Waals surface area contributed by atoms with Gasteiger partial charge in [-0.2, -0.15) is 4.98 Å². The predicted octanol–water partition coefficient (Wildman–Crippen LogP) is 2.82. The quantitative estimate of drug-likeness (QED) is 0.623. The van der Waals surface area contributed by atoms with Gasteiger partial charge in [0.15, 0.2) is 0 Å². The Morgan fingerprint density at radius 3 is 2.77 bits per heavy atom. The molecule has 136 valence electrons. The van der Waals surface area contributed by atoms with Crippen molar-refractivity contribution < 1.29 is 9.84 Å². The van der Waals surface area contributed by atoms with Crippen LogP contribution in [0.5, 0.6) is 11.6 Å². The summed E-state index contributed by atoms with van der Waals surface area (Å²) in [6.07, 6.45) is 2.21. The minimum absolute atomic E-state index is 0.0920. The number of aromatic nitrogens is 4. The summed E-state index contributed by atoms with van der Waals surface area (Å²) in [5, 5.41) is 13.8. The highest BCUT2D eigenvalue weighted by Crippen LogP contribution is 2.23. The fourth-order valence-corrected chi connectivity index (χ4v) is 2.68. The molecule has 3 N–H and O–H groups in total. The lowest BCUT2D eigenvalue weighted by Crippen LogP contribution is -2.16. The molecule has 0 saturated heterocycles. The van der Waals surface area contributed by atoms with Crippen LogP contribution >= 0.6 is 0 Å². The number of ether oxygens (including phenoxy) is 1. The third kappa shape index (κ3) is 3.58. The number of hydrogen-bond acceptors (Lipinski definition) is 7. The predicted molar refractivity (Wildman–Crippen MR) is 99.2 cm³/mol. The van der Waals surface area contributed by atoms with E-state index in [1.807, 2.05) is 26.0 Å². The molecule has 0 aliphatic heterocycles. The van der Waals surface area contributed by atoms with Crippen LogP contribution in [0.25, 0.3) is 10.9 Å². The van der Waals surface area contributed by atoms with Crippen molar-refractivity contribution >= 4 is 22.8 Å². The summed E-state index contributed by atoms with van der Waals surface area (Å²) in [5.41, 5.74) is 1.39. The van der Waals surface area contributed by atoms with Gasteiger partial charge in [-0.1, -0.05) is 13.3 Å². The molecule has 26 heavy (non-hydrogen) atoms. The minimum Gasteiger partial charge on any atom is -0.497 e. The molecular weight excluding hydrogens is 334 g/mol. The van der Waals surface area contributed by atoms with Gasteiger partial charge in [0.1, 0.15) is 5.75 Å². The monoisotopic (exact) mass is 355 g/mol. The van der Waals surface area contributed by atoms with Gasteiger partial charge in [0.05, 0.1) is 23.9 Å². The molecule has 3 aromatic rings. The molecule has 2 aromatic heterocycles. The highest BCUT2D eigenvalue weighted by molar-refractivity contribution is 5.83. The molecule has 0 saturated carbocycles. The molecule has 8 heteroatoms. The number of anilines is 2. The van der Waals surface area contributed by atoms with Gasteiger partial charge in [0, 0.05) is 11.5 Å². The fourth-order valence-electron chi connectivity index (χ4n) is 2.68. The lowest BCUT2D eigenvalue weighted by atomic mass is 10.1. The Labute approximate surface area is 150 Å². The van der Waals surface area contributed by atoms with E-state index in [1.165, 1.54) is 0 Å². The zero-order chi connectivity index (χ0) is 18.7. The lowest BCUT2D eigenvalue weighted by Gasteiger charge is -2.09. The second-order valence-electron chi connectivity index (χ2n) is 5.96. The highest BCUT2D eigenvalue weighted by Gasteiger charge is 2.12. The van der Waals surface area contributed by atoms with E-state index in [-0.39, 0.29) is 28.9 Å². The number of nitrogens with one attached hydrogen (secondary N) is 2. The number of nitrogens with zero attached hydrogens (tertiary/aromatic N) is 3. The van der Waals surface area contributed by atoms with Crippen molar-refractivity contribution in [3.8, 4) is 11.6 Å². The van der Waals surface area contributed by atoms with E-state index in [0.717, 1.165) is 23.9 Å². The number of hydrogen-bond donors (Lipinski definition) is 3. The van der Waals surface area contributed by atoms with Crippen molar-refractivity contribution in [3.05, 3.63) is 39.8 Å². The molecule has 0 spiro atoms. The summed E-state index contributed by atoms with van der Waals surface area (Å²) in [5.74, 6) is 0.774. The Morgan fingerprint density at radius 2 is 2.08 bits per heavy atom. The molecule has 8 nitrogen and oxygen atoms in total. The molecule has 0 amide bonds. The van der Waals surface area contributed by atoms with Gasteiger partial charge in [0.25, 0.3) is 5.56 Å². The van der Waals surface area contributed by atoms with Gasteiger partial charge in [-0.25, -0.2) is 9.97 Å². The van der Waals surface area contributed by atoms with E-state index >= 15 is 0 Å². The van der Waals surface area contributed by atoms with Crippen LogP contribution in [0.4, 0.5) is 11.9 Å². The van der Waals surface area contributed by atoms with E-state index in [0.29, 0.717) is 17.7 Å². The normalized spacial score (nSPS) is 10.9. The number of fused-ring (bicyclic) bond motifs is 1. The number of aromatic amines is 1. The van der Waals surface area contributed by atoms with Crippen molar-refractivity contribution in [1.29, 1.82) is 0 Å². The molecule has 0 unspecified atom stereocenters. The second kappa shape index (κ2) is 7.38. The Hall–Kier alpha value is -3.16. The number of aromatic hydroxyl groups is 1. The van der Waals surface area contributed by atoms with Crippen LogP contribution in [-0.2, 0) is 6.42 Å². The number of benzene rings is 1. The molecule has 0 atom stereocenters. The maximum atomic E-state index is 12.2. The number of aryl methyl sites for hydroxylation is 1. The smallest absolute Gasteiger partial charge is 0.259 e. The van der Waals surface area contributed by atoms with Crippen LogP contribution in [0.1, 0.15) is 31.0 Å². The summed E-state index contributed by atoms with van der Waals surface area (Å²) >= 11 is 0. The lowest BCUT2D eigenvalue weighted by molar-refractivity contribution is 0.415. The molecule has 1 aromatic carbocycles. The minimum atomic E-state index is -0.368. The van der Waals surface area contributed by atoms with Gasteiger partial charge in [-0.05, 0) is 31.9 Å². The third-order valence-electron chi connectivity index (χ3n) is 4.10. The maximum absolute atomic E-state index is 12.2. The zero-order valence-electron chi connectivity index (χ0n) is 15.0. The number of methoxy groups -OCH3 is 1. The molecule has 3 rings (SSSR count). The Morgan fingerprint density at radius 1 is 1.27 bits per heavy atom.